The minimum Gasteiger partial charge on any atom is -0.486 e. The van der Waals surface area contributed by atoms with Crippen molar-refractivity contribution in [1.82, 2.24) is 15.0 Å². The summed E-state index contributed by atoms with van der Waals surface area (Å²) in [4.78, 5) is 16.8. The van der Waals surface area contributed by atoms with Crippen LogP contribution < -0.4 is 41.7 Å². The number of ether oxygens (including phenoxy) is 4. The third kappa shape index (κ3) is 4.33. The molecule has 2 aliphatic rings. The molecule has 0 saturated heterocycles. The van der Waals surface area contributed by atoms with Crippen LogP contribution >= 0.6 is 0 Å². The average molecular weight is 464 g/mol. The SMILES string of the molecule is N/N=C(/COc1ccc2c(c1)CCn1c-2cc(OCC2COc3ccccc3O2)nc1=O)NN. The van der Waals surface area contributed by atoms with Crippen molar-refractivity contribution in [1.29, 1.82) is 0 Å². The van der Waals surface area contributed by atoms with Crippen molar-refractivity contribution in [3.8, 4) is 34.4 Å². The molecule has 0 spiro atoms. The van der Waals surface area contributed by atoms with E-state index in [9.17, 15) is 4.79 Å². The van der Waals surface area contributed by atoms with Crippen LogP contribution in [0.25, 0.3) is 11.3 Å². The van der Waals surface area contributed by atoms with Gasteiger partial charge in [-0.15, -0.1) is 0 Å². The van der Waals surface area contributed by atoms with E-state index in [1.807, 2.05) is 42.5 Å². The molecule has 1 atom stereocenters. The van der Waals surface area contributed by atoms with Gasteiger partial charge in [0.1, 0.15) is 25.6 Å². The van der Waals surface area contributed by atoms with Crippen molar-refractivity contribution in [2.75, 3.05) is 19.8 Å². The number of nitrogens with zero attached hydrogens (tertiary/aromatic N) is 3. The first kappa shape index (κ1) is 21.6. The topological polar surface area (TPSA) is 148 Å². The highest BCUT2D eigenvalue weighted by molar-refractivity contribution is 5.82. The highest BCUT2D eigenvalue weighted by atomic mass is 16.6. The van der Waals surface area contributed by atoms with E-state index < -0.39 is 0 Å². The van der Waals surface area contributed by atoms with Crippen LogP contribution in [-0.4, -0.2) is 41.3 Å². The van der Waals surface area contributed by atoms with Crippen LogP contribution in [0.5, 0.6) is 23.1 Å². The highest BCUT2D eigenvalue weighted by Gasteiger charge is 2.23. The first-order chi connectivity index (χ1) is 16.6. The zero-order valence-electron chi connectivity index (χ0n) is 18.3. The summed E-state index contributed by atoms with van der Waals surface area (Å²) in [5, 5.41) is 3.50. The minimum atomic E-state index is -0.359. The summed E-state index contributed by atoms with van der Waals surface area (Å²) in [6, 6.07) is 14.9. The first-order valence-electron chi connectivity index (χ1n) is 10.8. The Hall–Kier alpha value is -4.25. The molecule has 5 rings (SSSR count). The predicted molar refractivity (Wildman–Crippen MR) is 124 cm³/mol. The normalized spacial score (nSPS) is 16.3. The van der Waals surface area contributed by atoms with Gasteiger partial charge in [0, 0.05) is 18.2 Å². The number of benzene rings is 2. The van der Waals surface area contributed by atoms with Crippen molar-refractivity contribution in [2.45, 2.75) is 19.1 Å². The monoisotopic (exact) mass is 464 g/mol. The number of nitrogens with two attached hydrogens (primary N) is 2. The molecule has 2 aromatic carbocycles. The van der Waals surface area contributed by atoms with E-state index in [1.165, 1.54) is 0 Å². The zero-order chi connectivity index (χ0) is 23.5. The second kappa shape index (κ2) is 9.32. The van der Waals surface area contributed by atoms with Crippen LogP contribution in [0.3, 0.4) is 0 Å². The van der Waals surface area contributed by atoms with Gasteiger partial charge in [-0.1, -0.05) is 12.1 Å². The Labute approximate surface area is 194 Å². The molecule has 5 N–H and O–H groups in total. The van der Waals surface area contributed by atoms with Gasteiger partial charge < -0.3 is 30.2 Å². The number of aromatic nitrogens is 2. The van der Waals surface area contributed by atoms with E-state index in [4.69, 9.17) is 30.6 Å². The molecule has 34 heavy (non-hydrogen) atoms. The average Bonchev–Trinajstić information content (AvgIpc) is 2.87. The van der Waals surface area contributed by atoms with Gasteiger partial charge in [-0.2, -0.15) is 10.1 Å². The van der Waals surface area contributed by atoms with Gasteiger partial charge in [0.25, 0.3) is 0 Å². The standard InChI is InChI=1S/C23H24N6O5/c24-27-21(28-25)13-31-15-5-6-17-14(9-15)7-8-29-18(17)10-22(26-23(29)30)33-12-16-11-32-19-3-1-2-4-20(19)34-16/h1-6,9-10,16H,7-8,11-13,24-25H2,(H,27,28). The van der Waals surface area contributed by atoms with Crippen LogP contribution in [0.4, 0.5) is 0 Å². The Morgan fingerprint density at radius 3 is 2.88 bits per heavy atom. The molecule has 0 bridgehead atoms. The quantitative estimate of drug-likeness (QED) is 0.208. The van der Waals surface area contributed by atoms with Gasteiger partial charge in [0.2, 0.25) is 5.88 Å². The molecule has 176 valence electrons. The number of hydrogen-bond acceptors (Lipinski definition) is 9. The van der Waals surface area contributed by atoms with E-state index in [1.54, 1.807) is 10.6 Å². The number of amidine groups is 1. The molecule has 0 fully saturated rings. The Morgan fingerprint density at radius 2 is 2.06 bits per heavy atom. The first-order valence-corrected chi connectivity index (χ1v) is 10.8. The number of hydrogen-bond donors (Lipinski definition) is 3. The summed E-state index contributed by atoms with van der Waals surface area (Å²) < 4.78 is 24.8. The van der Waals surface area contributed by atoms with E-state index in [0.717, 1.165) is 16.8 Å². The maximum Gasteiger partial charge on any atom is 0.351 e. The second-order valence-corrected chi connectivity index (χ2v) is 7.80. The van der Waals surface area contributed by atoms with Crippen molar-refractivity contribution in [3.05, 3.63) is 64.6 Å². The lowest BCUT2D eigenvalue weighted by atomic mass is 9.97. The predicted octanol–water partition coefficient (Wildman–Crippen LogP) is 0.799. The van der Waals surface area contributed by atoms with Crippen molar-refractivity contribution in [2.24, 2.45) is 16.8 Å². The molecule has 2 aliphatic heterocycles. The smallest absolute Gasteiger partial charge is 0.351 e. The maximum absolute atomic E-state index is 12.7. The summed E-state index contributed by atoms with van der Waals surface area (Å²) in [5.74, 6) is 13.1. The lowest BCUT2D eigenvalue weighted by Gasteiger charge is -2.26. The van der Waals surface area contributed by atoms with Crippen LogP contribution in [0, 0.1) is 0 Å². The van der Waals surface area contributed by atoms with E-state index >= 15 is 0 Å². The van der Waals surface area contributed by atoms with Crippen molar-refractivity contribution >= 4 is 5.84 Å². The Bertz CT molecular complexity index is 1290. The van der Waals surface area contributed by atoms with Gasteiger partial charge in [-0.25, -0.2) is 10.6 Å². The summed E-state index contributed by atoms with van der Waals surface area (Å²) in [6.07, 6.45) is 0.355. The van der Waals surface area contributed by atoms with E-state index in [2.05, 4.69) is 15.5 Å². The summed E-state index contributed by atoms with van der Waals surface area (Å²) >= 11 is 0. The number of aryl methyl sites for hydroxylation is 1. The maximum atomic E-state index is 12.7. The number of hydrazine groups is 1. The number of hydrazone groups is 1. The van der Waals surface area contributed by atoms with E-state index in [-0.39, 0.29) is 30.9 Å². The van der Waals surface area contributed by atoms with Crippen LogP contribution in [-0.2, 0) is 13.0 Å². The van der Waals surface area contributed by atoms with Crippen molar-refractivity contribution in [3.63, 3.8) is 0 Å². The van der Waals surface area contributed by atoms with Gasteiger partial charge in [0.05, 0.1) is 5.69 Å². The third-order valence-corrected chi connectivity index (χ3v) is 5.63. The van der Waals surface area contributed by atoms with Crippen LogP contribution in [0.2, 0.25) is 0 Å². The number of para-hydroxylation sites is 2. The number of rotatable bonds is 6. The minimum absolute atomic E-state index is 0.112. The molecular weight excluding hydrogens is 440 g/mol. The number of fused-ring (bicyclic) bond motifs is 4. The second-order valence-electron chi connectivity index (χ2n) is 7.80. The molecule has 1 unspecified atom stereocenters. The molecule has 3 aromatic rings. The van der Waals surface area contributed by atoms with Gasteiger partial charge in [0.15, 0.2) is 23.4 Å². The Morgan fingerprint density at radius 1 is 1.21 bits per heavy atom. The number of nitrogens with one attached hydrogen (secondary N) is 1. The van der Waals surface area contributed by atoms with Gasteiger partial charge >= 0.3 is 5.69 Å². The zero-order valence-corrected chi connectivity index (χ0v) is 18.3. The summed E-state index contributed by atoms with van der Waals surface area (Å²) in [7, 11) is 0. The van der Waals surface area contributed by atoms with Gasteiger partial charge in [-0.3, -0.25) is 4.57 Å². The van der Waals surface area contributed by atoms with Crippen molar-refractivity contribution < 1.29 is 18.9 Å². The van der Waals surface area contributed by atoms with Gasteiger partial charge in [-0.05, 0) is 42.3 Å². The highest BCUT2D eigenvalue weighted by Crippen LogP contribution is 2.33. The molecule has 3 heterocycles. The molecule has 11 heteroatoms. The van der Waals surface area contributed by atoms with Crippen LogP contribution in [0.1, 0.15) is 5.56 Å². The molecule has 11 nitrogen and oxygen atoms in total. The molecule has 1 aromatic heterocycles. The molecule has 0 radical (unpaired) electrons. The van der Waals surface area contributed by atoms with Crippen LogP contribution in [0.15, 0.2) is 58.4 Å². The lowest BCUT2D eigenvalue weighted by Crippen LogP contribution is -2.35. The summed E-state index contributed by atoms with van der Waals surface area (Å²) in [6.45, 7) is 1.17. The molecule has 0 saturated carbocycles. The fourth-order valence-electron chi connectivity index (χ4n) is 3.94. The summed E-state index contributed by atoms with van der Waals surface area (Å²) in [5.41, 5.74) is 4.71. The molecule has 0 aliphatic carbocycles. The third-order valence-electron chi connectivity index (χ3n) is 5.63. The van der Waals surface area contributed by atoms with E-state index in [0.29, 0.717) is 42.7 Å². The fraction of sp³-hybridized carbons (Fsp3) is 0.261. The Balaban J connectivity index is 1.32. The lowest BCUT2D eigenvalue weighted by molar-refractivity contribution is 0.0520. The Kier molecular flexibility index (Phi) is 5.91. The molecular formula is C23H24N6O5. The fourth-order valence-corrected chi connectivity index (χ4v) is 3.94. The molecule has 0 amide bonds. The largest absolute Gasteiger partial charge is 0.486 e.